The molecule has 7 nitrogen and oxygen atoms in total. The van der Waals surface area contributed by atoms with Crippen LogP contribution in [0.5, 0.6) is 0 Å². The van der Waals surface area contributed by atoms with Gasteiger partial charge in [-0.2, -0.15) is 5.10 Å². The van der Waals surface area contributed by atoms with Crippen molar-refractivity contribution >= 4 is 27.3 Å². The molecular formula is C25H32N6OS. The minimum absolute atomic E-state index is 0.380. The minimum atomic E-state index is 0.380. The number of rotatable bonds is 4. The second kappa shape index (κ2) is 8.49. The summed E-state index contributed by atoms with van der Waals surface area (Å²) in [6, 6.07) is 2.92. The van der Waals surface area contributed by atoms with Gasteiger partial charge in [-0.25, -0.2) is 14.5 Å². The number of H-pyrrole nitrogens is 1. The predicted molar refractivity (Wildman–Crippen MR) is 132 cm³/mol. The lowest BCUT2D eigenvalue weighted by Crippen LogP contribution is -2.43. The first-order valence-electron chi connectivity index (χ1n) is 12.2. The fourth-order valence-electron chi connectivity index (χ4n) is 5.66. The molecule has 0 spiro atoms. The van der Waals surface area contributed by atoms with Gasteiger partial charge in [0.25, 0.3) is 0 Å². The van der Waals surface area contributed by atoms with Crippen LogP contribution >= 0.6 is 11.3 Å². The summed E-state index contributed by atoms with van der Waals surface area (Å²) in [4.78, 5) is 17.2. The maximum atomic E-state index is 5.55. The normalized spacial score (nSPS) is 19.4. The third-order valence-corrected chi connectivity index (χ3v) is 8.55. The first-order valence-corrected chi connectivity index (χ1v) is 13.0. The summed E-state index contributed by atoms with van der Waals surface area (Å²) in [5.41, 5.74) is 6.81. The Morgan fingerprint density at radius 3 is 2.70 bits per heavy atom. The van der Waals surface area contributed by atoms with Crippen molar-refractivity contribution in [1.82, 2.24) is 29.5 Å². The number of piperidine rings is 1. The first-order chi connectivity index (χ1) is 16.1. The number of likely N-dealkylation sites (tertiary alicyclic amines) is 1. The van der Waals surface area contributed by atoms with E-state index in [4.69, 9.17) is 9.72 Å². The van der Waals surface area contributed by atoms with E-state index >= 15 is 0 Å². The molecule has 174 valence electrons. The molecule has 2 saturated heterocycles. The Morgan fingerprint density at radius 1 is 1.15 bits per heavy atom. The van der Waals surface area contributed by atoms with Gasteiger partial charge in [-0.05, 0) is 63.2 Å². The van der Waals surface area contributed by atoms with Crippen molar-refractivity contribution < 1.29 is 4.74 Å². The smallest absolute Gasteiger partial charge is 0.158 e. The molecule has 2 aliphatic rings. The summed E-state index contributed by atoms with van der Waals surface area (Å²) in [7, 11) is 0. The molecule has 33 heavy (non-hydrogen) atoms. The lowest BCUT2D eigenvalue weighted by atomic mass is 9.94. The van der Waals surface area contributed by atoms with E-state index in [1.165, 1.54) is 59.9 Å². The number of fused-ring (bicyclic) bond motifs is 2. The number of thiazole rings is 1. The van der Waals surface area contributed by atoms with Crippen LogP contribution in [0.2, 0.25) is 0 Å². The summed E-state index contributed by atoms with van der Waals surface area (Å²) >= 11 is 1.86. The molecule has 0 atom stereocenters. The largest absolute Gasteiger partial charge is 0.381 e. The molecule has 0 amide bonds. The van der Waals surface area contributed by atoms with E-state index in [1.54, 1.807) is 6.33 Å². The van der Waals surface area contributed by atoms with Gasteiger partial charge in [-0.3, -0.25) is 0 Å². The van der Waals surface area contributed by atoms with Gasteiger partial charge in [0.05, 0.1) is 10.7 Å². The number of aromatic nitrogens is 5. The molecule has 0 aliphatic carbocycles. The molecule has 6 rings (SSSR count). The van der Waals surface area contributed by atoms with Gasteiger partial charge in [0.2, 0.25) is 0 Å². The summed E-state index contributed by atoms with van der Waals surface area (Å²) in [6.07, 6.45) is 8.48. The highest BCUT2D eigenvalue weighted by Gasteiger charge is 2.30. The Labute approximate surface area is 198 Å². The van der Waals surface area contributed by atoms with E-state index in [0.717, 1.165) is 35.5 Å². The molecule has 0 aromatic carbocycles. The molecule has 4 aromatic rings. The third-order valence-electron chi connectivity index (χ3n) is 7.42. The van der Waals surface area contributed by atoms with E-state index in [-0.39, 0.29) is 0 Å². The molecule has 0 saturated carbocycles. The average molecular weight is 465 g/mol. The van der Waals surface area contributed by atoms with Gasteiger partial charge in [0.15, 0.2) is 5.65 Å². The number of ether oxygens (including phenoxy) is 1. The Kier molecular flexibility index (Phi) is 5.47. The zero-order valence-corrected chi connectivity index (χ0v) is 20.5. The van der Waals surface area contributed by atoms with E-state index in [0.29, 0.717) is 17.9 Å². The fourth-order valence-corrected chi connectivity index (χ4v) is 6.81. The second-order valence-electron chi connectivity index (χ2n) is 9.89. The third kappa shape index (κ3) is 3.78. The standard InChI is InChI=1S/C25H32N6OS/c1-15(2)20-21(18-12-16(3)23-26-14-27-31(23)13-18)28-25-22(20)29-24(33-25)17-4-8-30(9-5-17)19-6-10-32-11-7-19/h12-15,17,19,28H,4-11H2,1-3H3. The van der Waals surface area contributed by atoms with Crippen molar-refractivity contribution in [3.63, 3.8) is 0 Å². The number of aryl methyl sites for hydroxylation is 1. The SMILES string of the molecule is Cc1cc(-c2[nH]c3sc(C4CCN(C5CCOCC5)CC4)nc3c2C(C)C)cn2ncnc12. The number of pyridine rings is 1. The Morgan fingerprint density at radius 2 is 1.94 bits per heavy atom. The van der Waals surface area contributed by atoms with Gasteiger partial charge >= 0.3 is 0 Å². The number of hydrogen-bond acceptors (Lipinski definition) is 6. The van der Waals surface area contributed by atoms with Crippen molar-refractivity contribution in [3.05, 3.63) is 34.7 Å². The first kappa shape index (κ1) is 21.3. The predicted octanol–water partition coefficient (Wildman–Crippen LogP) is 5.12. The van der Waals surface area contributed by atoms with Crippen molar-refractivity contribution in [3.8, 4) is 11.3 Å². The quantitative estimate of drug-likeness (QED) is 0.454. The number of aromatic amines is 1. The Hall–Kier alpha value is -2.29. The lowest BCUT2D eigenvalue weighted by molar-refractivity contribution is 0.0252. The van der Waals surface area contributed by atoms with Gasteiger partial charge in [0.1, 0.15) is 16.7 Å². The summed E-state index contributed by atoms with van der Waals surface area (Å²) in [5, 5.41) is 5.67. The van der Waals surface area contributed by atoms with E-state index in [1.807, 2.05) is 15.9 Å². The van der Waals surface area contributed by atoms with Crippen molar-refractivity contribution in [2.45, 2.75) is 64.3 Å². The van der Waals surface area contributed by atoms with Crippen LogP contribution in [0.15, 0.2) is 18.6 Å². The van der Waals surface area contributed by atoms with Crippen molar-refractivity contribution in [2.75, 3.05) is 26.3 Å². The van der Waals surface area contributed by atoms with Crippen LogP contribution in [0.25, 0.3) is 27.3 Å². The van der Waals surface area contributed by atoms with E-state index in [2.05, 4.69) is 53.0 Å². The van der Waals surface area contributed by atoms with Crippen LogP contribution in [-0.2, 0) is 4.74 Å². The molecule has 1 N–H and O–H groups in total. The minimum Gasteiger partial charge on any atom is -0.381 e. The summed E-state index contributed by atoms with van der Waals surface area (Å²) < 4.78 is 7.42. The van der Waals surface area contributed by atoms with E-state index < -0.39 is 0 Å². The maximum Gasteiger partial charge on any atom is 0.158 e. The molecule has 2 aliphatic heterocycles. The van der Waals surface area contributed by atoms with Gasteiger partial charge < -0.3 is 14.6 Å². The monoisotopic (exact) mass is 464 g/mol. The average Bonchev–Trinajstić information content (AvgIpc) is 3.54. The van der Waals surface area contributed by atoms with Gasteiger partial charge in [-0.1, -0.05) is 13.8 Å². The van der Waals surface area contributed by atoms with E-state index in [9.17, 15) is 0 Å². The van der Waals surface area contributed by atoms with Crippen LogP contribution in [-0.4, -0.2) is 61.8 Å². The highest BCUT2D eigenvalue weighted by molar-refractivity contribution is 7.18. The molecule has 0 unspecified atom stereocenters. The number of nitrogens with zero attached hydrogens (tertiary/aromatic N) is 5. The molecule has 6 heterocycles. The van der Waals surface area contributed by atoms with Crippen LogP contribution < -0.4 is 0 Å². The summed E-state index contributed by atoms with van der Waals surface area (Å²) in [6.45, 7) is 10.8. The zero-order valence-electron chi connectivity index (χ0n) is 19.7. The summed E-state index contributed by atoms with van der Waals surface area (Å²) in [5.74, 6) is 0.954. The van der Waals surface area contributed by atoms with Crippen LogP contribution in [0, 0.1) is 6.92 Å². The molecule has 4 aromatic heterocycles. The van der Waals surface area contributed by atoms with Crippen LogP contribution in [0.4, 0.5) is 0 Å². The molecule has 0 bridgehead atoms. The molecule has 8 heteroatoms. The Balaban J connectivity index is 1.28. The van der Waals surface area contributed by atoms with Crippen molar-refractivity contribution in [1.29, 1.82) is 0 Å². The molecule has 0 radical (unpaired) electrons. The number of hydrogen-bond donors (Lipinski definition) is 1. The highest BCUT2D eigenvalue weighted by atomic mass is 32.1. The van der Waals surface area contributed by atoms with Gasteiger partial charge in [0, 0.05) is 42.5 Å². The van der Waals surface area contributed by atoms with Gasteiger partial charge in [-0.15, -0.1) is 11.3 Å². The Bertz CT molecular complexity index is 1270. The highest BCUT2D eigenvalue weighted by Crippen LogP contribution is 2.41. The zero-order chi connectivity index (χ0) is 22.5. The molecule has 2 fully saturated rings. The van der Waals surface area contributed by atoms with Crippen molar-refractivity contribution in [2.24, 2.45) is 0 Å². The fraction of sp³-hybridized carbons (Fsp3) is 0.560. The molecular weight excluding hydrogens is 432 g/mol. The topological polar surface area (TPSA) is 71.3 Å². The van der Waals surface area contributed by atoms with Crippen LogP contribution in [0.3, 0.4) is 0 Å². The lowest BCUT2D eigenvalue weighted by Gasteiger charge is -2.38. The van der Waals surface area contributed by atoms with Crippen LogP contribution in [0.1, 0.15) is 67.5 Å². The maximum absolute atomic E-state index is 5.55. The second-order valence-corrected chi connectivity index (χ2v) is 10.9. The number of nitrogens with one attached hydrogen (secondary N) is 1.